The van der Waals surface area contributed by atoms with E-state index in [1.807, 2.05) is 30.3 Å². The third kappa shape index (κ3) is 12.6. The monoisotopic (exact) mass is 587 g/mol. The molecule has 232 valence electrons. The highest BCUT2D eigenvalue weighted by Crippen LogP contribution is 2.28. The average molecular weight is 588 g/mol. The van der Waals surface area contributed by atoms with Gasteiger partial charge in [-0.1, -0.05) is 74.6 Å². The van der Waals surface area contributed by atoms with Crippen LogP contribution in [0.25, 0.3) is 0 Å². The zero-order chi connectivity index (χ0) is 30.0. The number of cyclic esters (lactones) is 1. The number of rotatable bonds is 12. The molecular weight excluding hydrogens is 542 g/mol. The summed E-state index contributed by atoms with van der Waals surface area (Å²) >= 11 is 0. The van der Waals surface area contributed by atoms with Crippen molar-refractivity contribution in [3.8, 4) is 0 Å². The first-order chi connectivity index (χ1) is 20.4. The van der Waals surface area contributed by atoms with Gasteiger partial charge >= 0.3 is 12.1 Å². The predicted molar refractivity (Wildman–Crippen MR) is 155 cm³/mol. The quantitative estimate of drug-likeness (QED) is 0.166. The molecule has 1 aromatic rings. The molecule has 0 spiro atoms. The molecule has 1 saturated carbocycles. The number of amides is 3. The summed E-state index contributed by atoms with van der Waals surface area (Å²) in [6.45, 7) is 0.682. The van der Waals surface area contributed by atoms with Crippen LogP contribution < -0.4 is 16.0 Å². The summed E-state index contributed by atoms with van der Waals surface area (Å²) in [6.07, 6.45) is 9.41. The molecule has 2 aliphatic rings. The van der Waals surface area contributed by atoms with Crippen molar-refractivity contribution in [1.82, 2.24) is 16.0 Å². The highest BCUT2D eigenvalue weighted by atomic mass is 16.6. The lowest BCUT2D eigenvalue weighted by molar-refractivity contribution is -0.147. The van der Waals surface area contributed by atoms with Gasteiger partial charge in [-0.3, -0.25) is 9.59 Å². The second kappa shape index (κ2) is 18.9. The molecule has 0 saturated heterocycles. The smallest absolute Gasteiger partial charge is 0.408 e. The maximum atomic E-state index is 13.3. The topological polar surface area (TPSA) is 152 Å². The second-order valence-electron chi connectivity index (χ2n) is 10.9. The fraction of sp³-hybridized carbons (Fsp3) is 0.613. The molecule has 1 aliphatic heterocycles. The molecule has 1 aliphatic carbocycles. The van der Waals surface area contributed by atoms with Crippen molar-refractivity contribution >= 4 is 23.9 Å². The van der Waals surface area contributed by atoms with E-state index >= 15 is 0 Å². The van der Waals surface area contributed by atoms with Crippen LogP contribution in [-0.4, -0.2) is 74.0 Å². The Balaban J connectivity index is 1.65. The van der Waals surface area contributed by atoms with Crippen molar-refractivity contribution in [2.45, 2.75) is 76.5 Å². The number of benzene rings is 1. The van der Waals surface area contributed by atoms with Crippen LogP contribution in [0.1, 0.15) is 63.4 Å². The number of esters is 1. The van der Waals surface area contributed by atoms with Gasteiger partial charge in [0.2, 0.25) is 11.8 Å². The molecule has 11 heteroatoms. The van der Waals surface area contributed by atoms with Gasteiger partial charge in [-0.05, 0) is 30.7 Å². The number of aliphatic hydroxyl groups excluding tert-OH is 1. The molecule has 3 rings (SSSR count). The van der Waals surface area contributed by atoms with Crippen LogP contribution in [0.5, 0.6) is 0 Å². The maximum absolute atomic E-state index is 13.3. The number of nitrogens with one attached hydrogen (secondary N) is 3. The van der Waals surface area contributed by atoms with Crippen LogP contribution in [0, 0.1) is 11.8 Å². The van der Waals surface area contributed by atoms with E-state index in [0.717, 1.165) is 31.2 Å². The molecule has 4 N–H and O–H groups in total. The van der Waals surface area contributed by atoms with E-state index in [9.17, 15) is 19.2 Å². The van der Waals surface area contributed by atoms with Crippen LogP contribution in [0.4, 0.5) is 4.79 Å². The summed E-state index contributed by atoms with van der Waals surface area (Å²) in [5.74, 6) is -1.34. The first-order valence-corrected chi connectivity index (χ1v) is 15.0. The Morgan fingerprint density at radius 2 is 1.79 bits per heavy atom. The Morgan fingerprint density at radius 1 is 1.02 bits per heavy atom. The molecule has 0 aromatic heterocycles. The molecule has 3 amide bonds. The minimum absolute atomic E-state index is 0.0143. The average Bonchev–Trinajstić information content (AvgIpc) is 3.00. The molecule has 0 unspecified atom stereocenters. The number of hydrogen-bond acceptors (Lipinski definition) is 8. The second-order valence-corrected chi connectivity index (χ2v) is 10.9. The lowest BCUT2D eigenvalue weighted by Crippen LogP contribution is -2.47. The Morgan fingerprint density at radius 3 is 2.55 bits per heavy atom. The van der Waals surface area contributed by atoms with Crippen LogP contribution in [-0.2, 0) is 35.2 Å². The van der Waals surface area contributed by atoms with Crippen molar-refractivity contribution in [3.05, 3.63) is 48.0 Å². The first kappa shape index (κ1) is 33.1. The Labute approximate surface area is 247 Å². The predicted octanol–water partition coefficient (Wildman–Crippen LogP) is 2.76. The van der Waals surface area contributed by atoms with Gasteiger partial charge in [-0.2, -0.15) is 0 Å². The number of hydrogen-bond donors (Lipinski definition) is 4. The van der Waals surface area contributed by atoms with E-state index in [2.05, 4.69) is 16.0 Å². The summed E-state index contributed by atoms with van der Waals surface area (Å²) in [4.78, 5) is 51.4. The fourth-order valence-electron chi connectivity index (χ4n) is 5.22. The van der Waals surface area contributed by atoms with Gasteiger partial charge in [0.05, 0.1) is 31.8 Å². The third-order valence-corrected chi connectivity index (χ3v) is 7.47. The van der Waals surface area contributed by atoms with Crippen molar-refractivity contribution in [2.24, 2.45) is 11.8 Å². The molecule has 3 atom stereocenters. The molecule has 42 heavy (non-hydrogen) atoms. The number of aliphatic hydroxyl groups is 1. The Bertz CT molecular complexity index is 1010. The lowest BCUT2D eigenvalue weighted by Gasteiger charge is -2.29. The normalized spacial score (nSPS) is 22.2. The van der Waals surface area contributed by atoms with E-state index in [4.69, 9.17) is 19.3 Å². The number of alkyl carbamates (subject to hydrolysis) is 1. The zero-order valence-electron chi connectivity index (χ0n) is 24.3. The van der Waals surface area contributed by atoms with Gasteiger partial charge < -0.3 is 35.3 Å². The van der Waals surface area contributed by atoms with Crippen molar-refractivity contribution in [3.63, 3.8) is 0 Å². The number of carbonyl (C=O) groups excluding carboxylic acids is 4. The van der Waals surface area contributed by atoms with Crippen LogP contribution in [0.2, 0.25) is 0 Å². The molecule has 1 heterocycles. The van der Waals surface area contributed by atoms with E-state index in [1.165, 1.54) is 6.42 Å². The molecule has 1 aromatic carbocycles. The minimum Gasteiger partial charge on any atom is -0.462 e. The molecular formula is C31H45N3O8. The Hall–Kier alpha value is -3.44. The van der Waals surface area contributed by atoms with Gasteiger partial charge in [0, 0.05) is 13.0 Å². The standard InChI is InChI=1S/C31H45N3O8/c35-16-18-40-17-15-32-28(36)20-25-13-7-8-14-27(34-31(39)42-21-24-11-5-2-6-12-24)30(38)41-22-26(33-29(25)37)19-23-9-3-1-4-10-23/h2,5-8,11-12,23,25-27,35H,1,3-4,9-10,13-22H2,(H,32,36)(H,33,37)(H,34,39)/t25-,26+,27-/m1/s1. The number of allylic oxidation sites excluding steroid dienone is 1. The van der Waals surface area contributed by atoms with Gasteiger partial charge in [0.1, 0.15) is 19.3 Å². The molecule has 0 radical (unpaired) electrons. The fourth-order valence-corrected chi connectivity index (χ4v) is 5.22. The number of carbonyl (C=O) groups is 4. The number of ether oxygens (including phenoxy) is 3. The summed E-state index contributed by atoms with van der Waals surface area (Å²) in [5, 5.41) is 17.2. The third-order valence-electron chi connectivity index (χ3n) is 7.47. The molecule has 11 nitrogen and oxygen atoms in total. The minimum atomic E-state index is -0.962. The van der Waals surface area contributed by atoms with Gasteiger partial charge in [0.25, 0.3) is 0 Å². The SMILES string of the molecule is O=C(C[C@H]1CC=CC[C@@H](NC(=O)OCc2ccccc2)C(=O)OC[C@H](CC2CCCCC2)NC1=O)NCCOCCO. The van der Waals surface area contributed by atoms with Crippen LogP contribution in [0.15, 0.2) is 42.5 Å². The first-order valence-electron chi connectivity index (χ1n) is 15.0. The summed E-state index contributed by atoms with van der Waals surface area (Å²) in [6, 6.07) is 7.86. The van der Waals surface area contributed by atoms with Crippen molar-refractivity contribution in [1.29, 1.82) is 0 Å². The molecule has 0 bridgehead atoms. The van der Waals surface area contributed by atoms with Crippen molar-refractivity contribution < 1.29 is 38.5 Å². The lowest BCUT2D eigenvalue weighted by atomic mass is 9.84. The van der Waals surface area contributed by atoms with E-state index in [-0.39, 0.29) is 70.7 Å². The summed E-state index contributed by atoms with van der Waals surface area (Å²) < 4.78 is 16.1. The van der Waals surface area contributed by atoms with E-state index < -0.39 is 30.1 Å². The highest BCUT2D eigenvalue weighted by molar-refractivity contribution is 5.86. The van der Waals surface area contributed by atoms with Gasteiger partial charge in [-0.15, -0.1) is 0 Å². The Kier molecular flexibility index (Phi) is 14.9. The van der Waals surface area contributed by atoms with Crippen molar-refractivity contribution in [2.75, 3.05) is 33.0 Å². The highest BCUT2D eigenvalue weighted by Gasteiger charge is 2.29. The summed E-state index contributed by atoms with van der Waals surface area (Å²) in [7, 11) is 0. The van der Waals surface area contributed by atoms with Crippen LogP contribution >= 0.6 is 0 Å². The van der Waals surface area contributed by atoms with E-state index in [0.29, 0.717) is 12.3 Å². The summed E-state index contributed by atoms with van der Waals surface area (Å²) in [5.41, 5.74) is 0.822. The van der Waals surface area contributed by atoms with Gasteiger partial charge in [0.15, 0.2) is 0 Å². The zero-order valence-corrected chi connectivity index (χ0v) is 24.3. The maximum Gasteiger partial charge on any atom is 0.408 e. The van der Waals surface area contributed by atoms with E-state index in [1.54, 1.807) is 12.2 Å². The molecule has 1 fully saturated rings. The van der Waals surface area contributed by atoms with Crippen LogP contribution in [0.3, 0.4) is 0 Å². The largest absolute Gasteiger partial charge is 0.462 e. The van der Waals surface area contributed by atoms with Gasteiger partial charge in [-0.25, -0.2) is 9.59 Å².